The van der Waals surface area contributed by atoms with Crippen molar-refractivity contribution in [3.63, 3.8) is 0 Å². The lowest BCUT2D eigenvalue weighted by Gasteiger charge is -2.20. The third-order valence-corrected chi connectivity index (χ3v) is 6.03. The number of halogens is 1. The Bertz CT molecular complexity index is 866. The van der Waals surface area contributed by atoms with E-state index in [1.165, 1.54) is 37.7 Å². The maximum atomic E-state index is 5.49. The van der Waals surface area contributed by atoms with Crippen molar-refractivity contribution in [1.82, 2.24) is 25.4 Å². The Kier molecular flexibility index (Phi) is 9.89. The van der Waals surface area contributed by atoms with Gasteiger partial charge in [-0.2, -0.15) is 0 Å². The van der Waals surface area contributed by atoms with Gasteiger partial charge in [0.15, 0.2) is 17.5 Å². The first-order chi connectivity index (χ1) is 15.3. The third-order valence-electron chi connectivity index (χ3n) is 6.03. The van der Waals surface area contributed by atoms with Gasteiger partial charge < -0.3 is 24.7 Å². The molecule has 2 N–H and O–H groups in total. The molecule has 4 rings (SSSR count). The number of ether oxygens (including phenoxy) is 2. The molecule has 0 radical (unpaired) electrons. The molecule has 8 nitrogen and oxygen atoms in total. The van der Waals surface area contributed by atoms with Crippen LogP contribution in [0.2, 0.25) is 0 Å². The Morgan fingerprint density at radius 3 is 2.78 bits per heavy atom. The lowest BCUT2D eigenvalue weighted by Crippen LogP contribution is -2.40. The molecule has 176 valence electrons. The van der Waals surface area contributed by atoms with Crippen LogP contribution in [0.3, 0.4) is 0 Å². The van der Waals surface area contributed by atoms with Gasteiger partial charge in [-0.3, -0.25) is 4.99 Å². The van der Waals surface area contributed by atoms with E-state index in [4.69, 9.17) is 14.5 Å². The zero-order valence-corrected chi connectivity index (χ0v) is 21.2. The summed E-state index contributed by atoms with van der Waals surface area (Å²) in [5.41, 5.74) is 1.22. The van der Waals surface area contributed by atoms with Crippen molar-refractivity contribution in [2.75, 3.05) is 26.4 Å². The maximum absolute atomic E-state index is 5.49. The average Bonchev–Trinajstić information content (AvgIpc) is 3.46. The van der Waals surface area contributed by atoms with E-state index in [1.807, 2.05) is 6.07 Å². The number of guanidine groups is 1. The summed E-state index contributed by atoms with van der Waals surface area (Å²) < 4.78 is 13.0. The van der Waals surface area contributed by atoms with Crippen LogP contribution >= 0.6 is 24.0 Å². The Morgan fingerprint density at radius 2 is 1.94 bits per heavy atom. The van der Waals surface area contributed by atoms with Crippen LogP contribution < -0.4 is 20.1 Å². The minimum atomic E-state index is 0. The van der Waals surface area contributed by atoms with Crippen molar-refractivity contribution in [3.8, 4) is 11.5 Å². The minimum absolute atomic E-state index is 0. The summed E-state index contributed by atoms with van der Waals surface area (Å²) in [5.74, 6) is 4.28. The molecular formula is C23H35IN6O2. The van der Waals surface area contributed by atoms with Crippen LogP contribution in [-0.2, 0) is 19.4 Å². The van der Waals surface area contributed by atoms with Gasteiger partial charge in [0.1, 0.15) is 12.2 Å². The third kappa shape index (κ3) is 6.98. The Balaban J connectivity index is 0.00000289. The molecule has 1 aliphatic heterocycles. The molecule has 9 heteroatoms. The van der Waals surface area contributed by atoms with E-state index in [1.54, 1.807) is 6.33 Å². The van der Waals surface area contributed by atoms with Gasteiger partial charge in [0.2, 0.25) is 6.79 Å². The zero-order valence-electron chi connectivity index (χ0n) is 18.9. The Labute approximate surface area is 207 Å². The van der Waals surface area contributed by atoms with Crippen LogP contribution in [0.4, 0.5) is 0 Å². The lowest BCUT2D eigenvalue weighted by molar-refractivity contribution is 0.174. The van der Waals surface area contributed by atoms with Gasteiger partial charge in [0.25, 0.3) is 0 Å². The summed E-state index contributed by atoms with van der Waals surface area (Å²) in [5, 5.41) is 15.2. The van der Waals surface area contributed by atoms with Gasteiger partial charge in [0, 0.05) is 32.6 Å². The van der Waals surface area contributed by atoms with Gasteiger partial charge in [-0.25, -0.2) is 0 Å². The van der Waals surface area contributed by atoms with Crippen LogP contribution in [0.15, 0.2) is 29.5 Å². The second-order valence-electron chi connectivity index (χ2n) is 8.28. The van der Waals surface area contributed by atoms with Crippen molar-refractivity contribution in [1.29, 1.82) is 0 Å². The Morgan fingerprint density at radius 1 is 1.12 bits per heavy atom. The summed E-state index contributed by atoms with van der Waals surface area (Å²) >= 11 is 0. The summed E-state index contributed by atoms with van der Waals surface area (Å²) in [7, 11) is 0. The first kappa shape index (κ1) is 24.6. The van der Waals surface area contributed by atoms with Crippen molar-refractivity contribution in [2.45, 2.75) is 58.4 Å². The molecule has 0 amide bonds. The van der Waals surface area contributed by atoms with Crippen molar-refractivity contribution < 1.29 is 9.47 Å². The highest BCUT2D eigenvalue weighted by Crippen LogP contribution is 2.32. The highest BCUT2D eigenvalue weighted by Gasteiger charge is 2.14. The summed E-state index contributed by atoms with van der Waals surface area (Å²) in [6.45, 7) is 5.72. The first-order valence-electron chi connectivity index (χ1n) is 11.6. The molecule has 32 heavy (non-hydrogen) atoms. The van der Waals surface area contributed by atoms with Crippen LogP contribution in [-0.4, -0.2) is 47.2 Å². The van der Waals surface area contributed by atoms with Crippen LogP contribution in [0.25, 0.3) is 0 Å². The van der Waals surface area contributed by atoms with Gasteiger partial charge in [-0.1, -0.05) is 32.3 Å². The molecule has 1 fully saturated rings. The fourth-order valence-corrected chi connectivity index (χ4v) is 4.22. The largest absolute Gasteiger partial charge is 0.454 e. The normalized spacial score (nSPS) is 16.0. The second-order valence-corrected chi connectivity index (χ2v) is 8.28. The predicted octanol–water partition coefficient (Wildman–Crippen LogP) is 3.55. The first-order valence-corrected chi connectivity index (χ1v) is 11.6. The van der Waals surface area contributed by atoms with Gasteiger partial charge >= 0.3 is 0 Å². The number of fused-ring (bicyclic) bond motifs is 1. The number of nitrogens with one attached hydrogen (secondary N) is 2. The van der Waals surface area contributed by atoms with Crippen molar-refractivity contribution >= 4 is 29.9 Å². The van der Waals surface area contributed by atoms with Crippen LogP contribution in [0.5, 0.6) is 11.5 Å². The molecule has 1 aromatic heterocycles. The van der Waals surface area contributed by atoms with E-state index in [0.29, 0.717) is 12.7 Å². The second kappa shape index (κ2) is 12.9. The molecule has 2 aliphatic rings. The highest BCUT2D eigenvalue weighted by molar-refractivity contribution is 14.0. The maximum Gasteiger partial charge on any atom is 0.231 e. The van der Waals surface area contributed by atoms with Crippen LogP contribution in [0.1, 0.15) is 50.4 Å². The molecule has 0 unspecified atom stereocenters. The molecule has 0 spiro atoms. The van der Waals surface area contributed by atoms with Gasteiger partial charge in [0.05, 0.1) is 0 Å². The predicted molar refractivity (Wildman–Crippen MR) is 136 cm³/mol. The molecule has 1 aliphatic carbocycles. The molecule has 0 atom stereocenters. The fourth-order valence-electron chi connectivity index (χ4n) is 4.22. The van der Waals surface area contributed by atoms with E-state index in [2.05, 4.69) is 44.5 Å². The van der Waals surface area contributed by atoms with E-state index < -0.39 is 0 Å². The van der Waals surface area contributed by atoms with Crippen molar-refractivity contribution in [3.05, 3.63) is 35.9 Å². The Hall–Kier alpha value is -2.04. The van der Waals surface area contributed by atoms with Crippen LogP contribution in [0, 0.1) is 5.92 Å². The van der Waals surface area contributed by atoms with Crippen molar-refractivity contribution in [2.24, 2.45) is 10.9 Å². The topological polar surface area (TPSA) is 85.6 Å². The standard InChI is InChI=1S/C23H34N6O2.HI/c1-2-22-28-27-16-29(22)13-12-25-23(26-15-19-6-4-3-5-7-19)24-11-10-18-8-9-20-21(14-18)31-17-30-20;/h8-9,14,16,19H,2-7,10-13,15,17H2,1H3,(H2,24,25,26);1H. The molecule has 0 bridgehead atoms. The van der Waals surface area contributed by atoms with E-state index in [0.717, 1.165) is 62.3 Å². The monoisotopic (exact) mass is 554 g/mol. The van der Waals surface area contributed by atoms with Gasteiger partial charge in [-0.05, 0) is 42.9 Å². The van der Waals surface area contributed by atoms with Gasteiger partial charge in [-0.15, -0.1) is 34.2 Å². The smallest absolute Gasteiger partial charge is 0.231 e. The quantitative estimate of drug-likeness (QED) is 0.280. The number of nitrogens with zero attached hydrogens (tertiary/aromatic N) is 4. The summed E-state index contributed by atoms with van der Waals surface area (Å²) in [6.07, 6.45) is 10.2. The average molecular weight is 554 g/mol. The molecule has 2 heterocycles. The number of aliphatic imine (C=N–C) groups is 1. The lowest BCUT2D eigenvalue weighted by atomic mass is 9.89. The number of hydrogen-bond donors (Lipinski definition) is 2. The number of rotatable bonds is 9. The van der Waals surface area contributed by atoms with E-state index in [-0.39, 0.29) is 24.0 Å². The highest BCUT2D eigenvalue weighted by atomic mass is 127. The zero-order chi connectivity index (χ0) is 21.3. The molecule has 1 saturated carbocycles. The minimum Gasteiger partial charge on any atom is -0.454 e. The number of aromatic nitrogens is 3. The van der Waals surface area contributed by atoms with E-state index >= 15 is 0 Å². The fraction of sp³-hybridized carbons (Fsp3) is 0.609. The molecule has 0 saturated heterocycles. The van der Waals surface area contributed by atoms with E-state index in [9.17, 15) is 0 Å². The summed E-state index contributed by atoms with van der Waals surface area (Å²) in [4.78, 5) is 4.91. The molecule has 1 aromatic carbocycles. The molecular weight excluding hydrogens is 519 g/mol. The number of aryl methyl sites for hydroxylation is 1. The number of benzene rings is 1. The SMILES string of the molecule is CCc1nncn1CCNC(=NCC1CCCCC1)NCCc1ccc2c(c1)OCO2.I. The number of hydrogen-bond acceptors (Lipinski definition) is 5. The molecule has 2 aromatic rings. The summed E-state index contributed by atoms with van der Waals surface area (Å²) in [6, 6.07) is 6.15.